The molecule has 0 bridgehead atoms. The third-order valence-corrected chi connectivity index (χ3v) is 6.61. The Balaban J connectivity index is 0.00000192. The van der Waals surface area contributed by atoms with Crippen molar-refractivity contribution in [2.75, 3.05) is 26.2 Å². The van der Waals surface area contributed by atoms with Crippen LogP contribution in [0.25, 0.3) is 5.69 Å². The van der Waals surface area contributed by atoms with Crippen LogP contribution in [0.2, 0.25) is 5.02 Å². The molecular weight excluding hydrogens is 397 g/mol. The molecule has 1 aromatic heterocycles. The number of benzene rings is 1. The number of likely N-dealkylation sites (tertiary alicyclic amines) is 1. The van der Waals surface area contributed by atoms with E-state index in [1.54, 1.807) is 4.68 Å². The minimum absolute atomic E-state index is 0. The van der Waals surface area contributed by atoms with E-state index in [0.717, 1.165) is 63.4 Å². The lowest BCUT2D eigenvalue weighted by Gasteiger charge is -2.38. The normalized spacial score (nSPS) is 21.0. The van der Waals surface area contributed by atoms with Crippen LogP contribution in [-0.4, -0.2) is 51.8 Å². The molecular formula is C20H25Cl2N5O. The molecule has 1 saturated carbocycles. The number of para-hydroxylation sites is 1. The van der Waals surface area contributed by atoms with Crippen LogP contribution < -0.4 is 5.32 Å². The van der Waals surface area contributed by atoms with Crippen molar-refractivity contribution >= 4 is 29.9 Å². The highest BCUT2D eigenvalue weighted by Gasteiger charge is 2.39. The van der Waals surface area contributed by atoms with Crippen molar-refractivity contribution in [3.63, 3.8) is 0 Å². The van der Waals surface area contributed by atoms with Crippen LogP contribution in [0, 0.1) is 5.41 Å². The van der Waals surface area contributed by atoms with E-state index >= 15 is 0 Å². The largest absolute Gasteiger partial charge is 0.336 e. The van der Waals surface area contributed by atoms with Gasteiger partial charge in [-0.05, 0) is 56.2 Å². The maximum Gasteiger partial charge on any atom is 0.293 e. The quantitative estimate of drug-likeness (QED) is 0.823. The maximum atomic E-state index is 13.1. The lowest BCUT2D eigenvalue weighted by molar-refractivity contribution is 0.0596. The predicted molar refractivity (Wildman–Crippen MR) is 111 cm³/mol. The number of hydrogen-bond acceptors (Lipinski definition) is 4. The number of piperidine rings is 1. The van der Waals surface area contributed by atoms with Crippen LogP contribution in [0.4, 0.5) is 0 Å². The predicted octanol–water partition coefficient (Wildman–Crippen LogP) is 3.44. The number of amides is 1. The van der Waals surface area contributed by atoms with Crippen LogP contribution >= 0.6 is 24.0 Å². The molecule has 2 saturated heterocycles. The van der Waals surface area contributed by atoms with Crippen molar-refractivity contribution in [1.82, 2.24) is 25.0 Å². The highest BCUT2D eigenvalue weighted by Crippen LogP contribution is 2.41. The molecule has 0 atom stereocenters. The third-order valence-electron chi connectivity index (χ3n) is 6.29. The molecule has 2 aromatic rings. The lowest BCUT2D eigenvalue weighted by atomic mass is 9.78. The highest BCUT2D eigenvalue weighted by molar-refractivity contribution is 6.32. The van der Waals surface area contributed by atoms with E-state index in [1.165, 1.54) is 6.42 Å². The van der Waals surface area contributed by atoms with Crippen LogP contribution in [0.3, 0.4) is 0 Å². The van der Waals surface area contributed by atoms with Crippen molar-refractivity contribution < 1.29 is 4.79 Å². The second kappa shape index (κ2) is 7.65. The lowest BCUT2D eigenvalue weighted by Crippen LogP contribution is -2.44. The van der Waals surface area contributed by atoms with E-state index < -0.39 is 0 Å². The summed E-state index contributed by atoms with van der Waals surface area (Å²) in [5, 5.41) is 8.67. The first-order valence-electron chi connectivity index (χ1n) is 9.87. The van der Waals surface area contributed by atoms with Gasteiger partial charge in [0, 0.05) is 25.6 Å². The minimum Gasteiger partial charge on any atom is -0.336 e. The Morgan fingerprint density at radius 2 is 1.93 bits per heavy atom. The number of rotatable bonds is 3. The van der Waals surface area contributed by atoms with Gasteiger partial charge in [0.25, 0.3) is 5.91 Å². The fourth-order valence-electron chi connectivity index (χ4n) is 4.37. The summed E-state index contributed by atoms with van der Waals surface area (Å²) in [5.41, 5.74) is 1.18. The Morgan fingerprint density at radius 3 is 2.57 bits per heavy atom. The zero-order chi connectivity index (χ0) is 18.4. The Hall–Kier alpha value is -1.63. The molecule has 2 aliphatic heterocycles. The van der Waals surface area contributed by atoms with Gasteiger partial charge >= 0.3 is 0 Å². The fourth-order valence-corrected chi connectivity index (χ4v) is 4.58. The number of carbonyl (C=O) groups is 1. The van der Waals surface area contributed by atoms with Crippen molar-refractivity contribution in [2.24, 2.45) is 5.41 Å². The average Bonchev–Trinajstić information content (AvgIpc) is 3.28. The molecule has 1 amide bonds. The van der Waals surface area contributed by atoms with Gasteiger partial charge in [-0.3, -0.25) is 4.79 Å². The molecule has 3 aliphatic rings. The number of carbonyl (C=O) groups excluding carboxylic acids is 1. The molecule has 1 aromatic carbocycles. The Labute approximate surface area is 176 Å². The van der Waals surface area contributed by atoms with Gasteiger partial charge in [-0.2, -0.15) is 0 Å². The van der Waals surface area contributed by atoms with Gasteiger partial charge in [0.05, 0.1) is 10.7 Å². The minimum atomic E-state index is -0.0523. The molecule has 6 nitrogen and oxygen atoms in total. The molecule has 0 radical (unpaired) electrons. The summed E-state index contributed by atoms with van der Waals surface area (Å²) in [6, 6.07) is 7.60. The first kappa shape index (κ1) is 19.7. The van der Waals surface area contributed by atoms with E-state index in [0.29, 0.717) is 22.2 Å². The summed E-state index contributed by atoms with van der Waals surface area (Å²) in [6.07, 6.45) is 5.53. The monoisotopic (exact) mass is 421 g/mol. The van der Waals surface area contributed by atoms with E-state index in [-0.39, 0.29) is 18.3 Å². The third kappa shape index (κ3) is 3.53. The zero-order valence-electron chi connectivity index (χ0n) is 15.7. The summed E-state index contributed by atoms with van der Waals surface area (Å²) < 4.78 is 1.78. The molecule has 3 heterocycles. The van der Waals surface area contributed by atoms with Crippen LogP contribution in [-0.2, 0) is 0 Å². The second-order valence-electron chi connectivity index (χ2n) is 8.15. The summed E-state index contributed by atoms with van der Waals surface area (Å²) in [6.45, 7) is 3.77. The molecule has 5 rings (SSSR count). The summed E-state index contributed by atoms with van der Waals surface area (Å²) in [5.74, 6) is 1.49. The number of nitrogens with zero attached hydrogens (tertiary/aromatic N) is 4. The van der Waals surface area contributed by atoms with Crippen LogP contribution in [0.5, 0.6) is 0 Å². The van der Waals surface area contributed by atoms with Gasteiger partial charge < -0.3 is 10.2 Å². The Morgan fingerprint density at radius 1 is 1.18 bits per heavy atom. The smallest absolute Gasteiger partial charge is 0.293 e. The van der Waals surface area contributed by atoms with E-state index in [1.807, 2.05) is 29.2 Å². The van der Waals surface area contributed by atoms with Crippen molar-refractivity contribution in [3.05, 3.63) is 40.9 Å². The number of hydrogen-bond donors (Lipinski definition) is 1. The van der Waals surface area contributed by atoms with Crippen LogP contribution in [0.15, 0.2) is 24.3 Å². The second-order valence-corrected chi connectivity index (χ2v) is 8.56. The molecule has 28 heavy (non-hydrogen) atoms. The van der Waals surface area contributed by atoms with E-state index in [4.69, 9.17) is 11.6 Å². The van der Waals surface area contributed by atoms with Gasteiger partial charge in [-0.1, -0.05) is 23.7 Å². The molecule has 150 valence electrons. The van der Waals surface area contributed by atoms with Gasteiger partial charge in [0.15, 0.2) is 0 Å². The number of aromatic nitrogens is 3. The Bertz CT molecular complexity index is 863. The Kier molecular flexibility index (Phi) is 5.38. The fraction of sp³-hybridized carbons (Fsp3) is 0.550. The first-order chi connectivity index (χ1) is 13.2. The molecule has 3 fully saturated rings. The van der Waals surface area contributed by atoms with Gasteiger partial charge in [0.2, 0.25) is 5.82 Å². The topological polar surface area (TPSA) is 63.1 Å². The molecule has 8 heteroatoms. The van der Waals surface area contributed by atoms with E-state index in [2.05, 4.69) is 15.4 Å². The molecule has 1 spiro atoms. The van der Waals surface area contributed by atoms with Crippen LogP contribution in [0.1, 0.15) is 54.5 Å². The van der Waals surface area contributed by atoms with Gasteiger partial charge in [-0.25, -0.2) is 9.67 Å². The van der Waals surface area contributed by atoms with Gasteiger partial charge in [-0.15, -0.1) is 17.5 Å². The highest BCUT2D eigenvalue weighted by atomic mass is 35.5. The first-order valence-corrected chi connectivity index (χ1v) is 10.2. The zero-order valence-corrected chi connectivity index (χ0v) is 17.3. The van der Waals surface area contributed by atoms with Gasteiger partial charge in [0.1, 0.15) is 5.82 Å². The summed E-state index contributed by atoms with van der Waals surface area (Å²) in [4.78, 5) is 19.6. The summed E-state index contributed by atoms with van der Waals surface area (Å²) in [7, 11) is 0. The van der Waals surface area contributed by atoms with Crippen molar-refractivity contribution in [3.8, 4) is 5.69 Å². The summed E-state index contributed by atoms with van der Waals surface area (Å²) >= 11 is 6.37. The standard InChI is InChI=1S/C20H24ClN5O.ClH/c21-15-3-1-2-4-16(15)26-18(14-5-6-14)23-17(24-26)19(27)25-11-8-20(9-12-25)7-10-22-13-20;/h1-4,14,22H,5-13H2;1H. The van der Waals surface area contributed by atoms with Crippen molar-refractivity contribution in [1.29, 1.82) is 0 Å². The molecule has 1 N–H and O–H groups in total. The molecule has 1 aliphatic carbocycles. The van der Waals surface area contributed by atoms with E-state index in [9.17, 15) is 4.79 Å². The number of nitrogens with one attached hydrogen (secondary N) is 1. The molecule has 0 unspecified atom stereocenters. The average molecular weight is 422 g/mol. The maximum absolute atomic E-state index is 13.1. The SMILES string of the molecule is Cl.O=C(c1nc(C2CC2)n(-c2ccccc2Cl)n1)N1CCC2(CCNC2)CC1. The number of halogens is 2. The van der Waals surface area contributed by atoms with Crippen molar-refractivity contribution in [2.45, 2.75) is 38.0 Å².